The molecule has 3 aromatic rings. The topological polar surface area (TPSA) is 100 Å². The number of fused-ring (bicyclic) bond motifs is 2. The van der Waals surface area contributed by atoms with Gasteiger partial charge in [-0.3, -0.25) is 4.79 Å². The van der Waals surface area contributed by atoms with Gasteiger partial charge in [0.05, 0.1) is 24.0 Å². The summed E-state index contributed by atoms with van der Waals surface area (Å²) in [6, 6.07) is 8.74. The molecule has 0 saturated heterocycles. The summed E-state index contributed by atoms with van der Waals surface area (Å²) in [6.45, 7) is 1.87. The third kappa shape index (κ3) is 4.10. The van der Waals surface area contributed by atoms with Crippen LogP contribution in [0.5, 0.6) is 5.75 Å². The third-order valence-corrected chi connectivity index (χ3v) is 5.82. The summed E-state index contributed by atoms with van der Waals surface area (Å²) in [5.41, 5.74) is 2.95. The molecule has 3 heterocycles. The molecule has 0 fully saturated rings. The number of alkyl halides is 3. The van der Waals surface area contributed by atoms with Crippen LogP contribution in [-0.2, 0) is 25.7 Å². The number of ether oxygens (including phenoxy) is 1. The van der Waals surface area contributed by atoms with Crippen LogP contribution in [0.3, 0.4) is 0 Å². The molecule has 0 saturated carbocycles. The van der Waals surface area contributed by atoms with E-state index in [9.17, 15) is 18.0 Å². The van der Waals surface area contributed by atoms with E-state index >= 15 is 0 Å². The van der Waals surface area contributed by atoms with Crippen LogP contribution in [-0.4, -0.2) is 29.5 Å². The maximum Gasteiger partial charge on any atom is 0.421 e. The highest BCUT2D eigenvalue weighted by Crippen LogP contribution is 2.37. The molecule has 176 valence electrons. The van der Waals surface area contributed by atoms with Gasteiger partial charge < -0.3 is 26.0 Å². The molecule has 0 spiro atoms. The molecule has 8 nitrogen and oxygen atoms in total. The highest BCUT2D eigenvalue weighted by atomic mass is 19.4. The van der Waals surface area contributed by atoms with E-state index in [0.29, 0.717) is 35.7 Å². The first-order valence-corrected chi connectivity index (χ1v) is 10.6. The fourth-order valence-corrected chi connectivity index (χ4v) is 4.15. The van der Waals surface area contributed by atoms with Gasteiger partial charge in [-0.15, -0.1) is 0 Å². The van der Waals surface area contributed by atoms with E-state index in [1.165, 1.54) is 7.11 Å². The zero-order chi connectivity index (χ0) is 23.9. The van der Waals surface area contributed by atoms with E-state index in [1.807, 2.05) is 12.1 Å². The number of nitrogens with one attached hydrogen (secondary N) is 4. The molecular weight excluding hydrogens is 449 g/mol. The van der Waals surface area contributed by atoms with Gasteiger partial charge in [-0.1, -0.05) is 12.1 Å². The lowest BCUT2D eigenvalue weighted by atomic mass is 10.00. The minimum atomic E-state index is -4.70. The average molecular weight is 470 g/mol. The number of halogens is 3. The largest absolute Gasteiger partial charge is 0.495 e. The van der Waals surface area contributed by atoms with Crippen LogP contribution < -0.4 is 26.0 Å². The molecule has 2 aliphatic heterocycles. The lowest BCUT2D eigenvalue weighted by Crippen LogP contribution is -2.23. The van der Waals surface area contributed by atoms with Gasteiger partial charge in [0.25, 0.3) is 5.91 Å². The van der Waals surface area contributed by atoms with Gasteiger partial charge in [-0.2, -0.15) is 18.2 Å². The van der Waals surface area contributed by atoms with Crippen LogP contribution in [0.2, 0.25) is 0 Å². The fraction of sp³-hybridized carbons (Fsp3) is 0.261. The van der Waals surface area contributed by atoms with E-state index in [0.717, 1.165) is 30.3 Å². The Bertz CT molecular complexity index is 1280. The molecule has 0 bridgehead atoms. The number of aromatic nitrogens is 2. The van der Waals surface area contributed by atoms with Gasteiger partial charge in [0.15, 0.2) is 0 Å². The van der Waals surface area contributed by atoms with E-state index in [-0.39, 0.29) is 17.5 Å². The van der Waals surface area contributed by atoms with Crippen molar-refractivity contribution in [3.8, 4) is 5.75 Å². The second kappa shape index (κ2) is 8.49. The van der Waals surface area contributed by atoms with Crippen LogP contribution in [0.1, 0.15) is 32.6 Å². The maximum atomic E-state index is 13.7. The Hall–Kier alpha value is -3.86. The number of carbonyl (C=O) groups is 1. The molecule has 1 amide bonds. The maximum absolute atomic E-state index is 13.7. The molecule has 5 rings (SSSR count). The lowest BCUT2D eigenvalue weighted by molar-refractivity contribution is -0.137. The monoisotopic (exact) mass is 470 g/mol. The summed E-state index contributed by atoms with van der Waals surface area (Å²) in [4.78, 5) is 20.2. The fourth-order valence-electron chi connectivity index (χ4n) is 4.15. The number of amides is 1. The summed E-state index contributed by atoms with van der Waals surface area (Å²) in [6.07, 6.45) is -3.16. The van der Waals surface area contributed by atoms with E-state index in [2.05, 4.69) is 31.2 Å². The number of hydrogen-bond donors (Lipinski definition) is 4. The third-order valence-electron chi connectivity index (χ3n) is 5.82. The van der Waals surface area contributed by atoms with Gasteiger partial charge in [0.2, 0.25) is 5.95 Å². The quantitative estimate of drug-likeness (QED) is 0.449. The molecule has 2 aromatic carbocycles. The van der Waals surface area contributed by atoms with Crippen molar-refractivity contribution in [2.45, 2.75) is 25.7 Å². The molecule has 0 unspecified atom stereocenters. The van der Waals surface area contributed by atoms with Gasteiger partial charge in [0.1, 0.15) is 17.1 Å². The van der Waals surface area contributed by atoms with Crippen molar-refractivity contribution in [3.05, 3.63) is 64.3 Å². The molecule has 1 aromatic heterocycles. The highest BCUT2D eigenvalue weighted by Gasteiger charge is 2.36. The Morgan fingerprint density at radius 1 is 1.06 bits per heavy atom. The van der Waals surface area contributed by atoms with Crippen molar-refractivity contribution in [2.24, 2.45) is 0 Å². The van der Waals surface area contributed by atoms with Crippen molar-refractivity contribution < 1.29 is 22.7 Å². The summed E-state index contributed by atoms with van der Waals surface area (Å²) in [7, 11) is 1.52. The van der Waals surface area contributed by atoms with Crippen molar-refractivity contribution in [1.29, 1.82) is 0 Å². The summed E-state index contributed by atoms with van der Waals surface area (Å²) >= 11 is 0. The highest BCUT2D eigenvalue weighted by molar-refractivity contribution is 6.04. The Kier molecular flexibility index (Phi) is 5.48. The molecule has 0 atom stereocenters. The van der Waals surface area contributed by atoms with Crippen LogP contribution >= 0.6 is 0 Å². The number of anilines is 4. The van der Waals surface area contributed by atoms with Crippen LogP contribution in [0.15, 0.2) is 36.5 Å². The number of nitrogens with zero attached hydrogens (tertiary/aromatic N) is 2. The zero-order valence-corrected chi connectivity index (χ0v) is 18.1. The van der Waals surface area contributed by atoms with E-state index < -0.39 is 17.6 Å². The molecule has 11 heteroatoms. The van der Waals surface area contributed by atoms with Gasteiger partial charge in [-0.25, -0.2) is 4.98 Å². The number of carbonyl (C=O) groups excluding carboxylic acids is 1. The molecule has 2 aliphatic rings. The van der Waals surface area contributed by atoms with Crippen molar-refractivity contribution >= 4 is 29.0 Å². The van der Waals surface area contributed by atoms with E-state index in [1.54, 1.807) is 18.2 Å². The average Bonchev–Trinajstić information content (AvgIpc) is 3.20. The standard InChI is InChI=1S/C23H21F3N6O2/c1-34-18-8-14-9-27-6-5-12(14)7-17(18)31-22-29-11-15(23(24,25)26)20(32-22)30-16-4-2-3-13-10-28-21(33)19(13)16/h2-4,7-8,11,27H,5-6,9-10H2,1H3,(H,28,33)(H2,29,30,31,32). The normalized spacial score (nSPS) is 14.8. The molecule has 4 N–H and O–H groups in total. The lowest BCUT2D eigenvalue weighted by Gasteiger charge is -2.21. The van der Waals surface area contributed by atoms with Gasteiger partial charge >= 0.3 is 6.18 Å². The molecule has 34 heavy (non-hydrogen) atoms. The van der Waals surface area contributed by atoms with Crippen molar-refractivity contribution in [2.75, 3.05) is 24.3 Å². The number of methoxy groups -OCH3 is 1. The Morgan fingerprint density at radius 3 is 2.71 bits per heavy atom. The minimum Gasteiger partial charge on any atom is -0.495 e. The van der Waals surface area contributed by atoms with Gasteiger partial charge in [-0.05, 0) is 47.9 Å². The molecule has 0 radical (unpaired) electrons. The minimum absolute atomic E-state index is 0.0419. The van der Waals surface area contributed by atoms with Crippen LogP contribution in [0.4, 0.5) is 36.3 Å². The van der Waals surface area contributed by atoms with Crippen LogP contribution in [0, 0.1) is 0 Å². The first-order chi connectivity index (χ1) is 16.3. The SMILES string of the molecule is COc1cc2c(cc1Nc1ncc(C(F)(F)F)c(Nc3cccc4c3C(=O)NC4)n1)CCNC2. The van der Waals surface area contributed by atoms with Crippen molar-refractivity contribution in [3.63, 3.8) is 0 Å². The van der Waals surface area contributed by atoms with Crippen LogP contribution in [0.25, 0.3) is 0 Å². The Morgan fingerprint density at radius 2 is 1.91 bits per heavy atom. The summed E-state index contributed by atoms with van der Waals surface area (Å²) in [5, 5.41) is 11.7. The number of hydrogen-bond acceptors (Lipinski definition) is 7. The molecule has 0 aliphatic carbocycles. The number of benzene rings is 2. The summed E-state index contributed by atoms with van der Waals surface area (Å²) < 4.78 is 46.6. The first-order valence-electron chi connectivity index (χ1n) is 10.6. The second-order valence-corrected chi connectivity index (χ2v) is 7.97. The number of rotatable bonds is 5. The van der Waals surface area contributed by atoms with Crippen molar-refractivity contribution in [1.82, 2.24) is 20.6 Å². The second-order valence-electron chi connectivity index (χ2n) is 7.97. The molecular formula is C23H21F3N6O2. The predicted octanol–water partition coefficient (Wildman–Crippen LogP) is 3.88. The summed E-state index contributed by atoms with van der Waals surface area (Å²) in [5.74, 6) is -0.329. The predicted molar refractivity (Wildman–Crippen MR) is 120 cm³/mol. The smallest absolute Gasteiger partial charge is 0.421 e. The van der Waals surface area contributed by atoms with E-state index in [4.69, 9.17) is 4.74 Å². The Labute approximate surface area is 192 Å². The first kappa shape index (κ1) is 22.0. The Balaban J connectivity index is 1.52. The zero-order valence-electron chi connectivity index (χ0n) is 18.1. The van der Waals surface area contributed by atoms with Gasteiger partial charge in [0, 0.05) is 19.3 Å².